The molecule has 174 valence electrons. The first-order chi connectivity index (χ1) is 16.0. The van der Waals surface area contributed by atoms with Gasteiger partial charge in [-0.05, 0) is 61.0 Å². The molecule has 1 aliphatic rings. The highest BCUT2D eigenvalue weighted by atomic mass is 32.1. The van der Waals surface area contributed by atoms with Crippen molar-refractivity contribution in [2.75, 3.05) is 19.7 Å². The average Bonchev–Trinajstić information content (AvgIpc) is 3.53. The van der Waals surface area contributed by atoms with Gasteiger partial charge in [0, 0.05) is 17.5 Å². The van der Waals surface area contributed by atoms with E-state index in [1.807, 2.05) is 25.3 Å². The molecule has 3 aromatic rings. The van der Waals surface area contributed by atoms with Gasteiger partial charge in [-0.2, -0.15) is 0 Å². The zero-order chi connectivity index (χ0) is 23.4. The SMILES string of the molecule is CC[C@H](C)N(CC(=O)N1CCc2sccc2[C@@H]1COc1ccccc1F)C(=O)c1ccco1. The molecule has 2 aromatic heterocycles. The quantitative estimate of drug-likeness (QED) is 0.469. The molecule has 0 saturated heterocycles. The largest absolute Gasteiger partial charge is 0.488 e. The standard InChI is InChI=1S/C25H27FN2O4S/c1-3-17(2)28(25(30)22-9-6-13-31-22)15-24(29)27-12-10-23-18(11-14-33-23)20(27)16-32-21-8-5-4-7-19(21)26/h4-9,11,13-14,17,20H,3,10,12,15-16H2,1-2H3/t17-,20-/m0/s1. The third-order valence-corrected chi connectivity index (χ3v) is 7.07. The minimum Gasteiger partial charge on any atom is -0.488 e. The second-order valence-electron chi connectivity index (χ2n) is 8.06. The molecule has 0 N–H and O–H groups in total. The molecule has 0 bridgehead atoms. The smallest absolute Gasteiger partial charge is 0.290 e. The number of amides is 2. The van der Waals surface area contributed by atoms with Crippen molar-refractivity contribution < 1.29 is 23.1 Å². The van der Waals surface area contributed by atoms with Crippen molar-refractivity contribution in [1.29, 1.82) is 0 Å². The Labute approximate surface area is 196 Å². The Morgan fingerprint density at radius 1 is 1.27 bits per heavy atom. The normalized spacial score (nSPS) is 16.2. The highest BCUT2D eigenvalue weighted by Gasteiger charge is 2.35. The van der Waals surface area contributed by atoms with Crippen molar-refractivity contribution in [2.24, 2.45) is 0 Å². The van der Waals surface area contributed by atoms with E-state index in [9.17, 15) is 14.0 Å². The molecule has 2 amide bonds. The van der Waals surface area contributed by atoms with Crippen LogP contribution in [0, 0.1) is 5.82 Å². The van der Waals surface area contributed by atoms with Crippen LogP contribution in [-0.2, 0) is 11.2 Å². The molecule has 1 aliphatic heterocycles. The van der Waals surface area contributed by atoms with Crippen molar-refractivity contribution in [2.45, 2.75) is 38.8 Å². The lowest BCUT2D eigenvalue weighted by Crippen LogP contribution is -2.49. The maximum Gasteiger partial charge on any atom is 0.290 e. The molecule has 0 aliphatic carbocycles. The molecule has 0 unspecified atom stereocenters. The first-order valence-corrected chi connectivity index (χ1v) is 11.9. The number of ether oxygens (including phenoxy) is 1. The van der Waals surface area contributed by atoms with Crippen LogP contribution in [-0.4, -0.2) is 47.4 Å². The second kappa shape index (κ2) is 10.2. The summed E-state index contributed by atoms with van der Waals surface area (Å²) in [5, 5.41) is 2.00. The lowest BCUT2D eigenvalue weighted by Gasteiger charge is -2.38. The zero-order valence-corrected chi connectivity index (χ0v) is 19.5. The zero-order valence-electron chi connectivity index (χ0n) is 18.7. The molecule has 1 aromatic carbocycles. The van der Waals surface area contributed by atoms with E-state index in [0.29, 0.717) is 13.0 Å². The number of benzene rings is 1. The molecule has 0 spiro atoms. The Hall–Kier alpha value is -3.13. The van der Waals surface area contributed by atoms with E-state index in [2.05, 4.69) is 0 Å². The summed E-state index contributed by atoms with van der Waals surface area (Å²) in [4.78, 5) is 31.0. The number of thiophene rings is 1. The van der Waals surface area contributed by atoms with Gasteiger partial charge in [-0.3, -0.25) is 9.59 Å². The van der Waals surface area contributed by atoms with Gasteiger partial charge in [0.25, 0.3) is 5.91 Å². The van der Waals surface area contributed by atoms with Gasteiger partial charge in [0.1, 0.15) is 13.2 Å². The third-order valence-electron chi connectivity index (χ3n) is 6.07. The number of carbonyl (C=O) groups is 2. The molecule has 8 heteroatoms. The molecule has 0 radical (unpaired) electrons. The van der Waals surface area contributed by atoms with Gasteiger partial charge in [0.15, 0.2) is 17.3 Å². The van der Waals surface area contributed by atoms with E-state index in [1.54, 1.807) is 51.5 Å². The summed E-state index contributed by atoms with van der Waals surface area (Å²) in [6.07, 6.45) is 2.89. The van der Waals surface area contributed by atoms with E-state index in [1.165, 1.54) is 17.2 Å². The number of fused-ring (bicyclic) bond motifs is 1. The maximum absolute atomic E-state index is 14.1. The van der Waals surface area contributed by atoms with Crippen LogP contribution >= 0.6 is 11.3 Å². The van der Waals surface area contributed by atoms with E-state index < -0.39 is 5.82 Å². The first kappa shape index (κ1) is 23.0. The monoisotopic (exact) mass is 470 g/mol. The Bertz CT molecular complexity index is 1100. The van der Waals surface area contributed by atoms with E-state index in [-0.39, 0.29) is 48.6 Å². The summed E-state index contributed by atoms with van der Waals surface area (Å²) in [5.41, 5.74) is 1.02. The third kappa shape index (κ3) is 4.95. The van der Waals surface area contributed by atoms with Crippen LogP contribution in [0.3, 0.4) is 0 Å². The second-order valence-corrected chi connectivity index (χ2v) is 9.06. The summed E-state index contributed by atoms with van der Waals surface area (Å²) in [5.74, 6) is -0.559. The van der Waals surface area contributed by atoms with Crippen LogP contribution in [0.2, 0.25) is 0 Å². The van der Waals surface area contributed by atoms with Crippen LogP contribution in [0.25, 0.3) is 0 Å². The fourth-order valence-corrected chi connectivity index (χ4v) is 4.96. The minimum absolute atomic E-state index is 0.0653. The van der Waals surface area contributed by atoms with Gasteiger partial charge in [-0.1, -0.05) is 19.1 Å². The molecule has 0 fully saturated rings. The van der Waals surface area contributed by atoms with Crippen LogP contribution in [0.1, 0.15) is 47.3 Å². The molecule has 0 saturated carbocycles. The molecular formula is C25H27FN2O4S. The van der Waals surface area contributed by atoms with Crippen molar-refractivity contribution >= 4 is 23.2 Å². The summed E-state index contributed by atoms with van der Waals surface area (Å²) >= 11 is 1.65. The highest BCUT2D eigenvalue weighted by molar-refractivity contribution is 7.10. The number of hydrogen-bond acceptors (Lipinski definition) is 5. The predicted octanol–water partition coefficient (Wildman–Crippen LogP) is 4.93. The van der Waals surface area contributed by atoms with Gasteiger partial charge in [-0.25, -0.2) is 4.39 Å². The Balaban J connectivity index is 1.55. The number of rotatable bonds is 8. The Kier molecular flexibility index (Phi) is 7.13. The maximum atomic E-state index is 14.1. The van der Waals surface area contributed by atoms with Crippen molar-refractivity contribution in [3.05, 3.63) is 76.1 Å². The Morgan fingerprint density at radius 3 is 2.82 bits per heavy atom. The number of para-hydroxylation sites is 1. The molecule has 33 heavy (non-hydrogen) atoms. The molecule has 4 rings (SSSR count). The number of hydrogen-bond donors (Lipinski definition) is 0. The van der Waals surface area contributed by atoms with Crippen LogP contribution in [0.4, 0.5) is 4.39 Å². The molecule has 2 atom stereocenters. The number of halogens is 1. The fraction of sp³-hybridized carbons (Fsp3) is 0.360. The predicted molar refractivity (Wildman–Crippen MR) is 124 cm³/mol. The summed E-state index contributed by atoms with van der Waals surface area (Å²) < 4.78 is 25.2. The molecular weight excluding hydrogens is 443 g/mol. The minimum atomic E-state index is -0.441. The first-order valence-electron chi connectivity index (χ1n) is 11.1. The van der Waals surface area contributed by atoms with Crippen molar-refractivity contribution in [1.82, 2.24) is 9.80 Å². The van der Waals surface area contributed by atoms with Crippen molar-refractivity contribution in [3.8, 4) is 5.75 Å². The Morgan fingerprint density at radius 2 is 2.09 bits per heavy atom. The lowest BCUT2D eigenvalue weighted by atomic mass is 10.00. The highest BCUT2D eigenvalue weighted by Crippen LogP contribution is 2.34. The summed E-state index contributed by atoms with van der Waals surface area (Å²) in [6, 6.07) is 11.0. The van der Waals surface area contributed by atoms with Crippen molar-refractivity contribution in [3.63, 3.8) is 0 Å². The number of furan rings is 1. The average molecular weight is 471 g/mol. The summed E-state index contributed by atoms with van der Waals surface area (Å²) in [7, 11) is 0. The van der Waals surface area contributed by atoms with Gasteiger partial charge < -0.3 is 19.0 Å². The van der Waals surface area contributed by atoms with Gasteiger partial charge in [0.05, 0.1) is 12.3 Å². The van der Waals surface area contributed by atoms with Gasteiger partial charge in [-0.15, -0.1) is 11.3 Å². The topological polar surface area (TPSA) is 63.0 Å². The van der Waals surface area contributed by atoms with Crippen LogP contribution in [0.15, 0.2) is 58.5 Å². The van der Waals surface area contributed by atoms with E-state index >= 15 is 0 Å². The van der Waals surface area contributed by atoms with Gasteiger partial charge >= 0.3 is 0 Å². The van der Waals surface area contributed by atoms with E-state index in [0.717, 1.165) is 12.0 Å². The fourth-order valence-electron chi connectivity index (χ4n) is 4.03. The van der Waals surface area contributed by atoms with Crippen LogP contribution < -0.4 is 4.74 Å². The number of carbonyl (C=O) groups excluding carboxylic acids is 2. The van der Waals surface area contributed by atoms with Gasteiger partial charge in [0.2, 0.25) is 5.91 Å². The molecule has 6 nitrogen and oxygen atoms in total. The molecule has 3 heterocycles. The summed E-state index contributed by atoms with van der Waals surface area (Å²) in [6.45, 7) is 4.47. The lowest BCUT2D eigenvalue weighted by molar-refractivity contribution is -0.136. The van der Waals surface area contributed by atoms with E-state index in [4.69, 9.17) is 9.15 Å². The van der Waals surface area contributed by atoms with Crippen LogP contribution in [0.5, 0.6) is 5.75 Å². The number of nitrogens with zero attached hydrogens (tertiary/aromatic N) is 2.